The van der Waals surface area contributed by atoms with Crippen LogP contribution in [0.3, 0.4) is 0 Å². The Morgan fingerprint density at radius 3 is 2.69 bits per heavy atom. The maximum absolute atomic E-state index is 11.9. The van der Waals surface area contributed by atoms with Crippen molar-refractivity contribution in [2.24, 2.45) is 0 Å². The highest BCUT2D eigenvalue weighted by atomic mass is 32.2. The van der Waals surface area contributed by atoms with Gasteiger partial charge in [0.15, 0.2) is 9.84 Å². The van der Waals surface area contributed by atoms with Gasteiger partial charge in [0.05, 0.1) is 11.0 Å². The monoisotopic (exact) mass is 262 g/mol. The Morgan fingerprint density at radius 2 is 2.12 bits per heavy atom. The molecule has 3 nitrogen and oxygen atoms in total. The highest BCUT2D eigenvalue weighted by molar-refractivity contribution is 7.91. The Balaban J connectivity index is 2.51. The van der Waals surface area contributed by atoms with Crippen LogP contribution in [0, 0.1) is 0 Å². The van der Waals surface area contributed by atoms with E-state index in [4.69, 9.17) is 5.11 Å². The third kappa shape index (κ3) is 3.88. The van der Waals surface area contributed by atoms with E-state index < -0.39 is 15.1 Å². The largest absolute Gasteiger partial charge is 0.396 e. The van der Waals surface area contributed by atoms with Crippen LogP contribution in [0.4, 0.5) is 0 Å². The third-order valence-corrected chi connectivity index (χ3v) is 5.96. The van der Waals surface area contributed by atoms with Crippen molar-refractivity contribution in [1.29, 1.82) is 0 Å². The maximum Gasteiger partial charge on any atom is 0.157 e. The minimum Gasteiger partial charge on any atom is -0.396 e. The Labute approximate surface area is 101 Å². The van der Waals surface area contributed by atoms with Crippen LogP contribution in [-0.2, 0) is 9.84 Å². The molecule has 1 atom stereocenters. The molecule has 16 heavy (non-hydrogen) atoms. The molecule has 0 fully saturated rings. The zero-order chi connectivity index (χ0) is 12.0. The van der Waals surface area contributed by atoms with Gasteiger partial charge in [0.25, 0.3) is 0 Å². The standard InChI is InChI=1S/C11H18O3S2/c1-10(11-6-5-8-15-11)16(13,14)9-4-2-3-7-12/h5-6,8,10,12H,2-4,7,9H2,1H3. The lowest BCUT2D eigenvalue weighted by molar-refractivity contribution is 0.284. The van der Waals surface area contributed by atoms with Crippen LogP contribution in [0.15, 0.2) is 17.5 Å². The summed E-state index contributed by atoms with van der Waals surface area (Å²) in [4.78, 5) is 0.905. The number of aliphatic hydroxyl groups is 1. The van der Waals surface area contributed by atoms with E-state index in [-0.39, 0.29) is 12.4 Å². The van der Waals surface area contributed by atoms with E-state index in [1.165, 1.54) is 11.3 Å². The van der Waals surface area contributed by atoms with Crippen molar-refractivity contribution in [1.82, 2.24) is 0 Å². The smallest absolute Gasteiger partial charge is 0.157 e. The molecule has 0 aliphatic heterocycles. The lowest BCUT2D eigenvalue weighted by atomic mass is 10.3. The van der Waals surface area contributed by atoms with E-state index in [1.807, 2.05) is 17.5 Å². The summed E-state index contributed by atoms with van der Waals surface area (Å²) in [5.41, 5.74) is 0. The van der Waals surface area contributed by atoms with E-state index >= 15 is 0 Å². The van der Waals surface area contributed by atoms with Crippen LogP contribution < -0.4 is 0 Å². The molecule has 0 aliphatic carbocycles. The second-order valence-electron chi connectivity index (χ2n) is 3.81. The lowest BCUT2D eigenvalue weighted by Crippen LogP contribution is -2.13. The van der Waals surface area contributed by atoms with Crippen LogP contribution in [0.2, 0.25) is 0 Å². The average Bonchev–Trinajstić information content (AvgIpc) is 2.76. The molecule has 1 rings (SSSR count). The molecule has 0 aliphatic rings. The number of thiophene rings is 1. The van der Waals surface area contributed by atoms with Crippen molar-refractivity contribution in [3.63, 3.8) is 0 Å². The SMILES string of the molecule is CC(c1cccs1)S(=O)(=O)CCCCCO. The van der Waals surface area contributed by atoms with Gasteiger partial charge < -0.3 is 5.11 Å². The van der Waals surface area contributed by atoms with Gasteiger partial charge in [0.1, 0.15) is 0 Å². The van der Waals surface area contributed by atoms with E-state index in [2.05, 4.69) is 0 Å². The van der Waals surface area contributed by atoms with Crippen molar-refractivity contribution >= 4 is 21.2 Å². The van der Waals surface area contributed by atoms with Crippen LogP contribution in [0.5, 0.6) is 0 Å². The summed E-state index contributed by atoms with van der Waals surface area (Å²) in [7, 11) is -3.03. The molecule has 0 bridgehead atoms. The van der Waals surface area contributed by atoms with Gasteiger partial charge in [-0.25, -0.2) is 8.42 Å². The quantitative estimate of drug-likeness (QED) is 0.768. The Hall–Kier alpha value is -0.390. The lowest BCUT2D eigenvalue weighted by Gasteiger charge is -2.10. The minimum atomic E-state index is -3.03. The van der Waals surface area contributed by atoms with Gasteiger partial charge in [-0.15, -0.1) is 11.3 Å². The fraction of sp³-hybridized carbons (Fsp3) is 0.636. The summed E-state index contributed by atoms with van der Waals surface area (Å²) in [5.74, 6) is 0.214. The van der Waals surface area contributed by atoms with Crippen molar-refractivity contribution in [2.75, 3.05) is 12.4 Å². The molecule has 0 spiro atoms. The molecular formula is C11H18O3S2. The molecule has 1 heterocycles. The highest BCUT2D eigenvalue weighted by Gasteiger charge is 2.22. The van der Waals surface area contributed by atoms with Crippen LogP contribution in [-0.4, -0.2) is 25.9 Å². The predicted molar refractivity (Wildman–Crippen MR) is 67.5 cm³/mol. The van der Waals surface area contributed by atoms with E-state index in [9.17, 15) is 8.42 Å². The van der Waals surface area contributed by atoms with E-state index in [0.29, 0.717) is 12.8 Å². The minimum absolute atomic E-state index is 0.139. The summed E-state index contributed by atoms with van der Waals surface area (Å²) >= 11 is 1.48. The Bertz CT molecular complexity index is 381. The third-order valence-electron chi connectivity index (χ3n) is 2.57. The number of hydrogen-bond donors (Lipinski definition) is 1. The van der Waals surface area contributed by atoms with Crippen molar-refractivity contribution in [2.45, 2.75) is 31.4 Å². The van der Waals surface area contributed by atoms with E-state index in [0.717, 1.165) is 11.3 Å². The van der Waals surface area contributed by atoms with Crippen LogP contribution in [0.25, 0.3) is 0 Å². The topological polar surface area (TPSA) is 54.4 Å². The molecule has 92 valence electrons. The van der Waals surface area contributed by atoms with Crippen LogP contribution in [0.1, 0.15) is 36.3 Å². The molecule has 1 aromatic heterocycles. The summed E-state index contributed by atoms with van der Waals surface area (Å²) in [6.07, 6.45) is 2.09. The second kappa shape index (κ2) is 6.37. The summed E-state index contributed by atoms with van der Waals surface area (Å²) in [6.45, 7) is 1.88. The van der Waals surface area contributed by atoms with Gasteiger partial charge in [0, 0.05) is 11.5 Å². The van der Waals surface area contributed by atoms with Gasteiger partial charge in [-0.2, -0.15) is 0 Å². The van der Waals surface area contributed by atoms with Crippen molar-refractivity contribution < 1.29 is 13.5 Å². The van der Waals surface area contributed by atoms with Gasteiger partial charge in [-0.05, 0) is 31.2 Å². The molecule has 0 radical (unpaired) electrons. The molecule has 0 saturated heterocycles. The predicted octanol–water partition coefficient (Wildman–Crippen LogP) is 2.39. The molecule has 1 N–H and O–H groups in total. The fourth-order valence-corrected chi connectivity index (χ4v) is 4.13. The van der Waals surface area contributed by atoms with Gasteiger partial charge in [0.2, 0.25) is 0 Å². The first-order chi connectivity index (χ1) is 7.58. The number of rotatable bonds is 7. The number of sulfone groups is 1. The summed E-state index contributed by atoms with van der Waals surface area (Å²) in [5, 5.41) is 10.1. The Morgan fingerprint density at radius 1 is 1.38 bits per heavy atom. The first-order valence-electron chi connectivity index (χ1n) is 5.44. The normalized spacial score (nSPS) is 13.9. The first-order valence-corrected chi connectivity index (χ1v) is 8.03. The Kier molecular flexibility index (Phi) is 5.44. The zero-order valence-electron chi connectivity index (χ0n) is 9.43. The fourth-order valence-electron chi connectivity index (χ4n) is 1.47. The molecule has 5 heteroatoms. The second-order valence-corrected chi connectivity index (χ2v) is 7.23. The van der Waals surface area contributed by atoms with Crippen molar-refractivity contribution in [3.05, 3.63) is 22.4 Å². The number of hydrogen-bond acceptors (Lipinski definition) is 4. The van der Waals surface area contributed by atoms with Gasteiger partial charge in [-0.1, -0.05) is 12.5 Å². The number of unbranched alkanes of at least 4 members (excludes halogenated alkanes) is 2. The molecule has 1 unspecified atom stereocenters. The summed E-state index contributed by atoms with van der Waals surface area (Å²) in [6, 6.07) is 3.73. The average molecular weight is 262 g/mol. The molecule has 0 amide bonds. The maximum atomic E-state index is 11.9. The highest BCUT2D eigenvalue weighted by Crippen LogP contribution is 2.27. The van der Waals surface area contributed by atoms with Gasteiger partial charge >= 0.3 is 0 Å². The molecule has 1 aromatic rings. The van der Waals surface area contributed by atoms with Gasteiger partial charge in [-0.3, -0.25) is 0 Å². The van der Waals surface area contributed by atoms with Crippen LogP contribution >= 0.6 is 11.3 Å². The summed E-state index contributed by atoms with van der Waals surface area (Å²) < 4.78 is 23.9. The van der Waals surface area contributed by atoms with E-state index in [1.54, 1.807) is 6.92 Å². The molecular weight excluding hydrogens is 244 g/mol. The number of aliphatic hydroxyl groups excluding tert-OH is 1. The van der Waals surface area contributed by atoms with Crippen molar-refractivity contribution in [3.8, 4) is 0 Å². The first kappa shape index (κ1) is 13.7. The molecule has 0 aromatic carbocycles. The zero-order valence-corrected chi connectivity index (χ0v) is 11.1. The molecule has 0 saturated carbocycles.